The molecule has 1 atom stereocenters. The summed E-state index contributed by atoms with van der Waals surface area (Å²) in [7, 11) is 1.33. The highest BCUT2D eigenvalue weighted by Gasteiger charge is 2.36. The van der Waals surface area contributed by atoms with Crippen LogP contribution in [0.2, 0.25) is 0 Å². The third-order valence-corrected chi connectivity index (χ3v) is 3.60. The number of Topliss-reactive ketones (excluding diaryl/α,β-unsaturated/α-hetero) is 1. The molecule has 104 valence electrons. The van der Waals surface area contributed by atoms with Crippen LogP contribution in [-0.4, -0.2) is 25.0 Å². The first-order valence-electron chi connectivity index (χ1n) is 6.75. The molecule has 4 nitrogen and oxygen atoms in total. The van der Waals surface area contributed by atoms with Crippen LogP contribution in [0.3, 0.4) is 0 Å². The average Bonchev–Trinajstić information content (AvgIpc) is 2.34. The van der Waals surface area contributed by atoms with Gasteiger partial charge < -0.3 is 10.1 Å². The molecular formula is C14H25NO3. The van der Waals surface area contributed by atoms with Crippen LogP contribution in [0.25, 0.3) is 0 Å². The largest absolute Gasteiger partial charge is 0.453 e. The average molecular weight is 255 g/mol. The molecular weight excluding hydrogens is 230 g/mol. The fraction of sp³-hybridized carbons (Fsp3) is 0.857. The van der Waals surface area contributed by atoms with E-state index in [1.54, 1.807) is 0 Å². The van der Waals surface area contributed by atoms with Crippen molar-refractivity contribution in [2.75, 3.05) is 7.11 Å². The minimum atomic E-state index is -0.511. The van der Waals surface area contributed by atoms with Gasteiger partial charge in [-0.1, -0.05) is 40.0 Å². The van der Waals surface area contributed by atoms with E-state index in [-0.39, 0.29) is 11.7 Å². The topological polar surface area (TPSA) is 55.4 Å². The maximum Gasteiger partial charge on any atom is 0.407 e. The Kier molecular flexibility index (Phi) is 5.17. The van der Waals surface area contributed by atoms with E-state index in [0.717, 1.165) is 25.7 Å². The lowest BCUT2D eigenvalue weighted by atomic mass is 9.76. The fourth-order valence-electron chi connectivity index (χ4n) is 2.52. The van der Waals surface area contributed by atoms with Crippen molar-refractivity contribution in [3.8, 4) is 0 Å². The number of methoxy groups -OCH3 is 1. The van der Waals surface area contributed by atoms with E-state index in [9.17, 15) is 9.59 Å². The predicted molar refractivity (Wildman–Crippen MR) is 70.4 cm³/mol. The predicted octanol–water partition coefficient (Wildman–Crippen LogP) is 2.91. The molecule has 0 aromatic carbocycles. The molecule has 1 N–H and O–H groups in total. The number of alkyl carbamates (subject to hydrolysis) is 1. The lowest BCUT2D eigenvalue weighted by Crippen LogP contribution is -2.50. The Bertz CT molecular complexity index is 301. The molecule has 0 spiro atoms. The van der Waals surface area contributed by atoms with E-state index >= 15 is 0 Å². The van der Waals surface area contributed by atoms with Gasteiger partial charge >= 0.3 is 6.09 Å². The van der Waals surface area contributed by atoms with E-state index in [0.29, 0.717) is 0 Å². The van der Waals surface area contributed by atoms with Gasteiger partial charge in [0.25, 0.3) is 0 Å². The molecule has 0 aliphatic heterocycles. The first-order valence-corrected chi connectivity index (χ1v) is 6.75. The minimum Gasteiger partial charge on any atom is -0.453 e. The van der Waals surface area contributed by atoms with Gasteiger partial charge in [0.1, 0.15) is 0 Å². The maximum atomic E-state index is 12.4. The molecule has 1 amide bonds. The SMILES string of the molecule is COC(=O)NC(C(=O)C(C)(C)C)C1CCCCC1. The molecule has 0 aromatic heterocycles. The molecule has 1 rings (SSSR count). The van der Waals surface area contributed by atoms with Gasteiger partial charge in [0.15, 0.2) is 5.78 Å². The molecule has 18 heavy (non-hydrogen) atoms. The van der Waals surface area contributed by atoms with E-state index < -0.39 is 17.6 Å². The first-order chi connectivity index (χ1) is 8.36. The van der Waals surface area contributed by atoms with Gasteiger partial charge in [-0.25, -0.2) is 4.79 Å². The zero-order valence-electron chi connectivity index (χ0n) is 11.9. The van der Waals surface area contributed by atoms with Crippen molar-refractivity contribution >= 4 is 11.9 Å². The van der Waals surface area contributed by atoms with Crippen LogP contribution in [0.1, 0.15) is 52.9 Å². The third kappa shape index (κ3) is 4.00. The van der Waals surface area contributed by atoms with Crippen LogP contribution in [0, 0.1) is 11.3 Å². The summed E-state index contributed by atoms with van der Waals surface area (Å²) in [5, 5.41) is 2.73. The molecule has 4 heteroatoms. The molecule has 0 bridgehead atoms. The highest BCUT2D eigenvalue weighted by Crippen LogP contribution is 2.30. The van der Waals surface area contributed by atoms with Crippen LogP contribution in [0.5, 0.6) is 0 Å². The third-order valence-electron chi connectivity index (χ3n) is 3.60. The summed E-state index contributed by atoms with van der Waals surface area (Å²) >= 11 is 0. The summed E-state index contributed by atoms with van der Waals surface area (Å²) in [6.07, 6.45) is 5.02. The molecule has 1 aliphatic rings. The highest BCUT2D eigenvalue weighted by molar-refractivity contribution is 5.91. The summed E-state index contributed by atoms with van der Waals surface area (Å²) in [5.41, 5.74) is -0.441. The summed E-state index contributed by atoms with van der Waals surface area (Å²) in [5.74, 6) is 0.351. The van der Waals surface area contributed by atoms with E-state index in [1.807, 2.05) is 20.8 Å². The Balaban J connectivity index is 2.79. The highest BCUT2D eigenvalue weighted by atomic mass is 16.5. The minimum absolute atomic E-state index is 0.0970. The maximum absolute atomic E-state index is 12.4. The van der Waals surface area contributed by atoms with Crippen LogP contribution < -0.4 is 5.32 Å². The lowest BCUT2D eigenvalue weighted by Gasteiger charge is -2.33. The molecule has 1 fully saturated rings. The Morgan fingerprint density at radius 1 is 1.17 bits per heavy atom. The second kappa shape index (κ2) is 6.21. The Morgan fingerprint density at radius 3 is 2.17 bits per heavy atom. The number of hydrogen-bond acceptors (Lipinski definition) is 3. The fourth-order valence-corrected chi connectivity index (χ4v) is 2.52. The molecule has 0 radical (unpaired) electrons. The van der Waals surface area contributed by atoms with Gasteiger partial charge in [-0.15, -0.1) is 0 Å². The standard InChI is InChI=1S/C14H25NO3/c1-14(2,3)12(16)11(15-13(17)18-4)10-8-6-5-7-9-10/h10-11H,5-9H2,1-4H3,(H,15,17). The second-order valence-corrected chi connectivity index (χ2v) is 6.13. The second-order valence-electron chi connectivity index (χ2n) is 6.13. The van der Waals surface area contributed by atoms with Gasteiger partial charge in [-0.3, -0.25) is 4.79 Å². The molecule has 0 saturated heterocycles. The van der Waals surface area contributed by atoms with Crippen molar-refractivity contribution in [1.82, 2.24) is 5.32 Å². The number of amides is 1. The van der Waals surface area contributed by atoms with E-state index in [4.69, 9.17) is 0 Å². The van der Waals surface area contributed by atoms with Gasteiger partial charge in [-0.2, -0.15) is 0 Å². The summed E-state index contributed by atoms with van der Waals surface area (Å²) in [6, 6.07) is -0.405. The van der Waals surface area contributed by atoms with E-state index in [1.165, 1.54) is 13.5 Å². The van der Waals surface area contributed by atoms with Crippen molar-refractivity contribution in [1.29, 1.82) is 0 Å². The Morgan fingerprint density at radius 2 is 1.72 bits per heavy atom. The number of rotatable bonds is 3. The van der Waals surface area contributed by atoms with Crippen LogP contribution >= 0.6 is 0 Å². The summed E-state index contributed by atoms with van der Waals surface area (Å²) in [6.45, 7) is 5.68. The van der Waals surface area contributed by atoms with Crippen molar-refractivity contribution in [2.24, 2.45) is 11.3 Å². The van der Waals surface area contributed by atoms with Gasteiger partial charge in [0, 0.05) is 5.41 Å². The van der Waals surface area contributed by atoms with Crippen LogP contribution in [0.15, 0.2) is 0 Å². The first kappa shape index (κ1) is 15.0. The summed E-state index contributed by atoms with van der Waals surface area (Å²) < 4.78 is 4.63. The quantitative estimate of drug-likeness (QED) is 0.843. The zero-order chi connectivity index (χ0) is 13.8. The zero-order valence-corrected chi connectivity index (χ0v) is 11.9. The van der Waals surface area contributed by atoms with Gasteiger partial charge in [0.2, 0.25) is 0 Å². The number of hydrogen-bond donors (Lipinski definition) is 1. The monoisotopic (exact) mass is 255 g/mol. The Labute approximate surface area is 109 Å². The summed E-state index contributed by atoms with van der Waals surface area (Å²) in [4.78, 5) is 23.9. The van der Waals surface area contributed by atoms with Crippen molar-refractivity contribution in [3.05, 3.63) is 0 Å². The number of ether oxygens (including phenoxy) is 1. The number of nitrogens with one attached hydrogen (secondary N) is 1. The Hall–Kier alpha value is -1.06. The molecule has 0 heterocycles. The molecule has 0 aromatic rings. The van der Waals surface area contributed by atoms with Gasteiger partial charge in [-0.05, 0) is 18.8 Å². The van der Waals surface area contributed by atoms with Crippen LogP contribution in [0.4, 0.5) is 4.79 Å². The number of carbonyl (C=O) groups excluding carboxylic acids is 2. The van der Waals surface area contributed by atoms with Gasteiger partial charge in [0.05, 0.1) is 13.2 Å². The smallest absolute Gasteiger partial charge is 0.407 e. The normalized spacial score (nSPS) is 19.1. The molecule has 1 unspecified atom stereocenters. The number of carbonyl (C=O) groups is 2. The number of ketones is 1. The molecule has 1 saturated carbocycles. The van der Waals surface area contributed by atoms with Crippen LogP contribution in [-0.2, 0) is 9.53 Å². The lowest BCUT2D eigenvalue weighted by molar-refractivity contribution is -0.130. The molecule has 1 aliphatic carbocycles. The van der Waals surface area contributed by atoms with E-state index in [2.05, 4.69) is 10.1 Å². The van der Waals surface area contributed by atoms with Crippen molar-refractivity contribution < 1.29 is 14.3 Å². The van der Waals surface area contributed by atoms with Crippen molar-refractivity contribution in [3.63, 3.8) is 0 Å². The van der Waals surface area contributed by atoms with Crippen molar-refractivity contribution in [2.45, 2.75) is 58.9 Å².